The smallest absolute Gasteiger partial charge is 0.353 e. The van der Waals surface area contributed by atoms with Crippen LogP contribution in [-0.4, -0.2) is 18.2 Å². The van der Waals surface area contributed by atoms with E-state index in [9.17, 15) is 9.59 Å². The normalized spacial score (nSPS) is 18.2. The van der Waals surface area contributed by atoms with E-state index in [1.807, 2.05) is 0 Å². The fraction of sp³-hybridized carbons (Fsp3) is 0.0909. The predicted octanol–water partition coefficient (Wildman–Crippen LogP) is 1.65. The molecule has 3 N–H and O–H groups in total. The van der Waals surface area contributed by atoms with E-state index < -0.39 is 18.2 Å². The van der Waals surface area contributed by atoms with Crippen molar-refractivity contribution in [1.29, 1.82) is 0 Å². The molecule has 2 amide bonds. The van der Waals surface area contributed by atoms with Crippen molar-refractivity contribution in [2.45, 2.75) is 6.23 Å². The summed E-state index contributed by atoms with van der Waals surface area (Å²) in [7, 11) is 0. The molecule has 8 heteroatoms. The van der Waals surface area contributed by atoms with Crippen LogP contribution in [0.15, 0.2) is 40.4 Å². The molecule has 0 saturated carbocycles. The lowest BCUT2D eigenvalue weighted by Crippen LogP contribution is -2.51. The molecule has 2 rings (SSSR count). The van der Waals surface area contributed by atoms with Gasteiger partial charge in [-0.05, 0) is 12.1 Å². The fourth-order valence-corrected chi connectivity index (χ4v) is 1.90. The first-order valence-electron chi connectivity index (χ1n) is 5.17. The zero-order chi connectivity index (χ0) is 14.0. The van der Waals surface area contributed by atoms with Gasteiger partial charge in [0, 0.05) is 0 Å². The molecule has 1 heterocycles. The number of carbonyl (C=O) groups is 2. The van der Waals surface area contributed by atoms with Crippen LogP contribution in [0.4, 0.5) is 10.5 Å². The largest absolute Gasteiger partial charge is 0.430 e. The van der Waals surface area contributed by atoms with E-state index in [4.69, 9.17) is 33.7 Å². The number of nitrogens with two attached hydrogens (primary N) is 1. The van der Waals surface area contributed by atoms with E-state index in [1.54, 1.807) is 30.3 Å². The highest BCUT2D eigenvalue weighted by atomic mass is 35.5. The summed E-state index contributed by atoms with van der Waals surface area (Å²) in [6, 6.07) is 7.80. The van der Waals surface area contributed by atoms with E-state index in [1.165, 1.54) is 5.01 Å². The van der Waals surface area contributed by atoms with Crippen LogP contribution in [0.5, 0.6) is 0 Å². The first kappa shape index (κ1) is 13.5. The lowest BCUT2D eigenvalue weighted by Gasteiger charge is -2.29. The number of benzene rings is 1. The van der Waals surface area contributed by atoms with Crippen LogP contribution in [0, 0.1) is 0 Å². The number of urea groups is 1. The number of nitrogens with zero attached hydrogens (tertiary/aromatic N) is 1. The summed E-state index contributed by atoms with van der Waals surface area (Å²) in [5, 5.41) is 0.973. The van der Waals surface area contributed by atoms with Gasteiger partial charge in [0.15, 0.2) is 0 Å². The maximum atomic E-state index is 11.3. The Labute approximate surface area is 118 Å². The molecule has 100 valence electrons. The highest BCUT2D eigenvalue weighted by molar-refractivity contribution is 6.48. The Kier molecular flexibility index (Phi) is 3.82. The second kappa shape index (κ2) is 5.38. The van der Waals surface area contributed by atoms with Gasteiger partial charge in [-0.2, -0.15) is 0 Å². The molecule has 0 aliphatic carbocycles. The van der Waals surface area contributed by atoms with Crippen LogP contribution in [-0.2, 0) is 9.53 Å². The molecule has 6 nitrogen and oxygen atoms in total. The van der Waals surface area contributed by atoms with Gasteiger partial charge in [-0.25, -0.2) is 20.0 Å². The van der Waals surface area contributed by atoms with Gasteiger partial charge in [0.25, 0.3) is 0 Å². The van der Waals surface area contributed by atoms with Crippen molar-refractivity contribution in [2.75, 3.05) is 5.01 Å². The topological polar surface area (TPSA) is 84.7 Å². The minimum atomic E-state index is -1.04. The van der Waals surface area contributed by atoms with Crippen molar-refractivity contribution < 1.29 is 14.3 Å². The molecule has 0 radical (unpaired) electrons. The number of hydrogen-bond donors (Lipinski definition) is 2. The van der Waals surface area contributed by atoms with Gasteiger partial charge in [-0.1, -0.05) is 41.4 Å². The Bertz CT molecular complexity index is 547. The van der Waals surface area contributed by atoms with Crippen molar-refractivity contribution in [3.05, 3.63) is 40.4 Å². The zero-order valence-electron chi connectivity index (χ0n) is 9.47. The molecule has 1 atom stereocenters. The monoisotopic (exact) mass is 301 g/mol. The first-order chi connectivity index (χ1) is 9.00. The number of rotatable bonds is 3. The van der Waals surface area contributed by atoms with Crippen LogP contribution >= 0.6 is 23.2 Å². The molecule has 1 aromatic rings. The average Bonchev–Trinajstić information content (AvgIpc) is 2.64. The van der Waals surface area contributed by atoms with Gasteiger partial charge in [-0.3, -0.25) is 0 Å². The first-order valence-corrected chi connectivity index (χ1v) is 5.93. The number of primary amides is 1. The van der Waals surface area contributed by atoms with Crippen LogP contribution < -0.4 is 16.2 Å². The maximum Gasteiger partial charge on any atom is 0.353 e. The van der Waals surface area contributed by atoms with Gasteiger partial charge in [0.05, 0.1) is 5.69 Å². The number of nitrogens with one attached hydrogen (secondary N) is 1. The van der Waals surface area contributed by atoms with Crippen molar-refractivity contribution >= 4 is 40.9 Å². The fourth-order valence-electron chi connectivity index (χ4n) is 1.54. The number of ether oxygens (including phenoxy) is 1. The number of anilines is 1. The molecule has 1 aromatic carbocycles. The van der Waals surface area contributed by atoms with E-state index in [0.29, 0.717) is 5.69 Å². The molecular formula is C11H9Cl2N3O3. The lowest BCUT2D eigenvalue weighted by molar-refractivity contribution is -0.139. The number of hydrazine groups is 1. The highest BCUT2D eigenvalue weighted by Crippen LogP contribution is 2.32. The second-order valence-electron chi connectivity index (χ2n) is 3.60. The van der Waals surface area contributed by atoms with E-state index >= 15 is 0 Å². The maximum absolute atomic E-state index is 11.3. The number of amides is 2. The summed E-state index contributed by atoms with van der Waals surface area (Å²) in [6.07, 6.45) is -1.04. The molecule has 0 bridgehead atoms. The molecule has 1 aliphatic heterocycles. The third-order valence-corrected chi connectivity index (χ3v) is 3.15. The summed E-state index contributed by atoms with van der Waals surface area (Å²) in [5.74, 6) is -0.760. The average molecular weight is 302 g/mol. The number of halogens is 2. The zero-order valence-corrected chi connectivity index (χ0v) is 11.0. The molecule has 0 spiro atoms. The van der Waals surface area contributed by atoms with Gasteiger partial charge in [0.2, 0.25) is 6.23 Å². The molecule has 0 fully saturated rings. The number of esters is 1. The van der Waals surface area contributed by atoms with Crippen molar-refractivity contribution in [1.82, 2.24) is 5.43 Å². The van der Waals surface area contributed by atoms with Gasteiger partial charge < -0.3 is 10.5 Å². The summed E-state index contributed by atoms with van der Waals surface area (Å²) in [4.78, 5) is 22.4. The highest BCUT2D eigenvalue weighted by Gasteiger charge is 2.37. The van der Waals surface area contributed by atoms with Crippen molar-refractivity contribution in [3.8, 4) is 0 Å². The van der Waals surface area contributed by atoms with Crippen molar-refractivity contribution in [2.24, 2.45) is 5.73 Å². The van der Waals surface area contributed by atoms with Gasteiger partial charge in [0.1, 0.15) is 10.1 Å². The molecule has 1 aliphatic rings. The quantitative estimate of drug-likeness (QED) is 0.657. The summed E-state index contributed by atoms with van der Waals surface area (Å²) >= 11 is 11.6. The van der Waals surface area contributed by atoms with Gasteiger partial charge in [-0.15, -0.1) is 0 Å². The van der Waals surface area contributed by atoms with Crippen LogP contribution in [0.3, 0.4) is 0 Å². The number of carbonyl (C=O) groups excluding carboxylic acids is 2. The molecule has 0 aromatic heterocycles. The minimum Gasteiger partial charge on any atom is -0.430 e. The molecule has 0 saturated heterocycles. The minimum absolute atomic E-state index is 0.0238. The van der Waals surface area contributed by atoms with E-state index in [2.05, 4.69) is 5.43 Å². The van der Waals surface area contributed by atoms with E-state index in [0.717, 1.165) is 0 Å². The SMILES string of the molecule is NC(=O)NN(c1ccccc1)C1OC(=O)C(Cl)=C1Cl. The Morgan fingerprint density at radius 2 is 1.95 bits per heavy atom. The molecule has 1 unspecified atom stereocenters. The predicted molar refractivity (Wildman–Crippen MR) is 70.3 cm³/mol. The number of para-hydroxylation sites is 1. The van der Waals surface area contributed by atoms with Crippen LogP contribution in [0.1, 0.15) is 0 Å². The lowest BCUT2D eigenvalue weighted by atomic mass is 10.3. The second-order valence-corrected chi connectivity index (χ2v) is 4.39. The Hall–Kier alpha value is -1.92. The Morgan fingerprint density at radius 1 is 1.32 bits per heavy atom. The van der Waals surface area contributed by atoms with E-state index in [-0.39, 0.29) is 10.1 Å². The molecule has 19 heavy (non-hydrogen) atoms. The molecular weight excluding hydrogens is 293 g/mol. The van der Waals surface area contributed by atoms with Crippen LogP contribution in [0.2, 0.25) is 0 Å². The van der Waals surface area contributed by atoms with Gasteiger partial charge >= 0.3 is 12.0 Å². The third kappa shape index (κ3) is 2.74. The Morgan fingerprint density at radius 3 is 2.42 bits per heavy atom. The third-order valence-electron chi connectivity index (χ3n) is 2.32. The summed E-state index contributed by atoms with van der Waals surface area (Å²) in [6.45, 7) is 0. The number of hydrogen-bond acceptors (Lipinski definition) is 4. The standard InChI is InChI=1S/C11H9Cl2N3O3/c12-7-8(13)10(17)19-9(7)16(15-11(14)18)6-4-2-1-3-5-6/h1-5,9H,(H3,14,15,18). The summed E-state index contributed by atoms with van der Waals surface area (Å²) in [5.41, 5.74) is 7.95. The van der Waals surface area contributed by atoms with Crippen LogP contribution in [0.25, 0.3) is 0 Å². The summed E-state index contributed by atoms with van der Waals surface area (Å²) < 4.78 is 4.98. The van der Waals surface area contributed by atoms with Crippen molar-refractivity contribution in [3.63, 3.8) is 0 Å². The number of cyclic esters (lactones) is 1. The Balaban J connectivity index is 2.35.